The van der Waals surface area contributed by atoms with E-state index < -0.39 is 7.47 Å². The fourth-order valence-electron chi connectivity index (χ4n) is 1.24. The fraction of sp³-hybridized carbons (Fsp3) is 0.625. The number of nitrogens with zero attached hydrogens (tertiary/aromatic N) is 4. The van der Waals surface area contributed by atoms with Crippen molar-refractivity contribution in [2.24, 2.45) is 20.6 Å². The third kappa shape index (κ3) is 22.5. The molecule has 3 N–H and O–H groups in total. The van der Waals surface area contributed by atoms with E-state index in [-0.39, 0.29) is 28.2 Å². The molecule has 10 nitrogen and oxygen atoms in total. The first-order chi connectivity index (χ1) is 13.8. The summed E-state index contributed by atoms with van der Waals surface area (Å²) in [6.45, 7) is 11.5. The maximum absolute atomic E-state index is 11.3. The number of hydrogen-bond donors (Lipinski definition) is 3. The van der Waals surface area contributed by atoms with Crippen molar-refractivity contribution in [3.63, 3.8) is 0 Å². The van der Waals surface area contributed by atoms with Crippen LogP contribution in [0.25, 0.3) is 0 Å². The third-order valence-electron chi connectivity index (χ3n) is 3.17. The molecule has 0 spiro atoms. The largest absolute Gasteiger partial charge is 2.00 e. The molecule has 30 heavy (non-hydrogen) atoms. The van der Waals surface area contributed by atoms with Crippen molar-refractivity contribution in [1.82, 2.24) is 0 Å². The van der Waals surface area contributed by atoms with Crippen molar-refractivity contribution in [1.29, 1.82) is 0 Å². The maximum Gasteiger partial charge on any atom is 2.00 e. The summed E-state index contributed by atoms with van der Waals surface area (Å²) in [6.07, 6.45) is 4.75. The van der Waals surface area contributed by atoms with Gasteiger partial charge in [-0.25, -0.2) is 21.8 Å². The second-order valence-electron chi connectivity index (χ2n) is 5.46. The summed E-state index contributed by atoms with van der Waals surface area (Å²) in [5.41, 5.74) is 0.860. The van der Waals surface area contributed by atoms with E-state index >= 15 is 0 Å². The monoisotopic (exact) mass is 481 g/mol. The van der Waals surface area contributed by atoms with E-state index in [1.807, 2.05) is 13.2 Å². The van der Waals surface area contributed by atoms with Gasteiger partial charge in [0.05, 0.1) is 5.71 Å². The van der Waals surface area contributed by atoms with Crippen LogP contribution in [-0.4, -0.2) is 59.2 Å². The normalized spacial score (nSPS) is 16.6. The smallest absolute Gasteiger partial charge is 0.552 e. The summed E-state index contributed by atoms with van der Waals surface area (Å²) in [5, 5.41) is 35.5. The van der Waals surface area contributed by atoms with Crippen LogP contribution in [0.4, 0.5) is 8.63 Å². The minimum Gasteiger partial charge on any atom is -0.552 e. The Kier molecular flexibility index (Phi) is 25.8. The van der Waals surface area contributed by atoms with Crippen molar-refractivity contribution in [2.75, 3.05) is 13.2 Å². The van der Waals surface area contributed by atoms with Crippen molar-refractivity contribution in [3.8, 4) is 0 Å². The van der Waals surface area contributed by atoms with Gasteiger partial charge in [0, 0.05) is 13.2 Å². The standard InChI is InChI=1S/C4H7BF2N2O2.C4H8N2O2.2C4H7O.Co/c1-3(8-10)4(2)9-11-5(6)7;1-3(5-7)4(2)6-8;2*1-2-4-5-3-1;/h10H,1-2H3;7-8H,1-2H3;2*3H,1-2,4H2;/q;;2*-1;+2/b8-3+,9-4+;5-3+,6-4+;;;. The SMILES string of the molecule is CC(=N\O)/C(C)=N/O.CC(=N\O)/C(C)=N/OB(F)F.[CH-]1CCCO1.[CH-]1CCCO1.[Co+2]. The third-order valence-corrected chi connectivity index (χ3v) is 3.17. The molecule has 0 amide bonds. The van der Waals surface area contributed by atoms with Gasteiger partial charge in [-0.1, -0.05) is 28.3 Å². The maximum atomic E-state index is 11.3. The topological polar surface area (TPSA) is 138 Å². The van der Waals surface area contributed by atoms with Crippen molar-refractivity contribution in [2.45, 2.75) is 53.4 Å². The van der Waals surface area contributed by atoms with Gasteiger partial charge < -0.3 is 29.9 Å². The molecule has 2 rings (SSSR count). The molecule has 2 aliphatic heterocycles. The van der Waals surface area contributed by atoms with Gasteiger partial charge in [-0.3, -0.25) is 0 Å². The number of oxime groups is 4. The molecule has 2 aliphatic rings. The molecular weight excluding hydrogens is 452 g/mol. The van der Waals surface area contributed by atoms with Crippen LogP contribution in [0.15, 0.2) is 20.6 Å². The predicted octanol–water partition coefficient (Wildman–Crippen LogP) is 3.75. The molecule has 0 aromatic heterocycles. The summed E-state index contributed by atoms with van der Waals surface area (Å²) < 4.78 is 35.9. The first kappa shape index (κ1) is 32.9. The van der Waals surface area contributed by atoms with E-state index in [4.69, 9.17) is 25.1 Å². The van der Waals surface area contributed by atoms with Gasteiger partial charge in [-0.05, 0) is 27.7 Å². The van der Waals surface area contributed by atoms with E-state index in [1.54, 1.807) is 0 Å². The van der Waals surface area contributed by atoms with Crippen LogP contribution in [0.5, 0.6) is 0 Å². The minimum absolute atomic E-state index is 0. The Morgan fingerprint density at radius 3 is 1.37 bits per heavy atom. The molecular formula is C16H29BCoF2N4O6. The van der Waals surface area contributed by atoms with E-state index in [0.29, 0.717) is 11.4 Å². The molecule has 0 aromatic rings. The molecule has 175 valence electrons. The molecule has 2 saturated heterocycles. The molecule has 0 unspecified atom stereocenters. The van der Waals surface area contributed by atoms with Crippen LogP contribution in [0.3, 0.4) is 0 Å². The molecule has 2 fully saturated rings. The quantitative estimate of drug-likeness (QED) is 0.184. The Morgan fingerprint density at radius 2 is 1.17 bits per heavy atom. The van der Waals surface area contributed by atoms with Crippen LogP contribution in [0, 0.1) is 13.2 Å². The van der Waals surface area contributed by atoms with E-state index in [0.717, 1.165) is 26.1 Å². The van der Waals surface area contributed by atoms with Gasteiger partial charge in [-0.15, -0.1) is 5.16 Å². The first-order valence-corrected chi connectivity index (χ1v) is 8.71. The molecule has 0 atom stereocenters. The molecule has 0 bridgehead atoms. The summed E-state index contributed by atoms with van der Waals surface area (Å²) in [7, 11) is -2.95. The van der Waals surface area contributed by atoms with Crippen molar-refractivity contribution < 1.29 is 55.3 Å². The van der Waals surface area contributed by atoms with E-state index in [2.05, 4.69) is 25.4 Å². The zero-order valence-electron chi connectivity index (χ0n) is 17.4. The zero-order valence-corrected chi connectivity index (χ0v) is 18.5. The number of halogens is 2. The summed E-state index contributed by atoms with van der Waals surface area (Å²) in [5.74, 6) is 0. The predicted molar refractivity (Wildman–Crippen MR) is 106 cm³/mol. The number of hydrogen-bond acceptors (Lipinski definition) is 10. The van der Waals surface area contributed by atoms with Crippen LogP contribution < -0.4 is 0 Å². The van der Waals surface area contributed by atoms with Gasteiger partial charge in [-0.2, -0.15) is 12.8 Å². The second-order valence-corrected chi connectivity index (χ2v) is 5.46. The van der Waals surface area contributed by atoms with Gasteiger partial charge >= 0.3 is 24.2 Å². The Balaban J connectivity index is -0.000000336. The van der Waals surface area contributed by atoms with E-state index in [1.165, 1.54) is 40.5 Å². The second kappa shape index (κ2) is 23.5. The molecule has 2 heterocycles. The summed E-state index contributed by atoms with van der Waals surface area (Å²) in [6, 6.07) is 0. The number of ether oxygens (including phenoxy) is 2. The Morgan fingerprint density at radius 1 is 0.800 bits per heavy atom. The molecule has 0 saturated carbocycles. The molecule has 0 aromatic carbocycles. The van der Waals surface area contributed by atoms with Crippen molar-refractivity contribution in [3.05, 3.63) is 13.2 Å². The number of rotatable bonds is 4. The summed E-state index contributed by atoms with van der Waals surface area (Å²) >= 11 is 0. The van der Waals surface area contributed by atoms with Crippen LogP contribution in [-0.2, 0) is 31.0 Å². The zero-order chi connectivity index (χ0) is 22.5. The molecule has 0 aliphatic carbocycles. The Labute approximate surface area is 186 Å². The van der Waals surface area contributed by atoms with Gasteiger partial charge in [0.2, 0.25) is 0 Å². The average molecular weight is 481 g/mol. The van der Waals surface area contributed by atoms with Crippen LogP contribution >= 0.6 is 0 Å². The summed E-state index contributed by atoms with van der Waals surface area (Å²) in [4.78, 5) is 0. The van der Waals surface area contributed by atoms with E-state index in [9.17, 15) is 8.63 Å². The van der Waals surface area contributed by atoms with Gasteiger partial charge in [0.25, 0.3) is 0 Å². The van der Waals surface area contributed by atoms with Crippen LogP contribution in [0.2, 0.25) is 0 Å². The van der Waals surface area contributed by atoms with Gasteiger partial charge in [0.1, 0.15) is 17.1 Å². The average Bonchev–Trinajstić information content (AvgIpc) is 3.49. The Hall–Kier alpha value is -1.77. The Bertz CT molecular complexity index is 491. The van der Waals surface area contributed by atoms with Crippen LogP contribution in [0.1, 0.15) is 53.4 Å². The molecule has 14 heteroatoms. The van der Waals surface area contributed by atoms with Crippen molar-refractivity contribution >= 4 is 30.3 Å². The fourth-order valence-corrected chi connectivity index (χ4v) is 1.24. The minimum atomic E-state index is -2.95. The molecule has 1 radical (unpaired) electrons. The first-order valence-electron chi connectivity index (χ1n) is 8.71. The van der Waals surface area contributed by atoms with Gasteiger partial charge in [0.15, 0.2) is 0 Å².